The Balaban J connectivity index is 1.72. The van der Waals surface area contributed by atoms with Crippen molar-refractivity contribution < 1.29 is 9.53 Å². The van der Waals surface area contributed by atoms with Crippen molar-refractivity contribution in [1.29, 1.82) is 0 Å². The third-order valence-electron chi connectivity index (χ3n) is 6.85. The van der Waals surface area contributed by atoms with Crippen LogP contribution in [-0.4, -0.2) is 18.1 Å². The number of esters is 1. The summed E-state index contributed by atoms with van der Waals surface area (Å²) < 4.78 is 6.24. The lowest BCUT2D eigenvalue weighted by atomic mass is 9.64. The van der Waals surface area contributed by atoms with Crippen LogP contribution in [0.2, 0.25) is 0 Å². The zero-order valence-corrected chi connectivity index (χ0v) is 19.2. The van der Waals surface area contributed by atoms with E-state index in [1.54, 1.807) is 6.08 Å². The molecule has 166 valence electrons. The number of hydrogen-bond acceptors (Lipinski definition) is 3. The van der Waals surface area contributed by atoms with Crippen LogP contribution in [0.3, 0.4) is 0 Å². The van der Waals surface area contributed by atoms with Crippen molar-refractivity contribution in [2.24, 2.45) is 11.8 Å². The van der Waals surface area contributed by atoms with Crippen molar-refractivity contribution in [2.45, 2.75) is 70.6 Å². The van der Waals surface area contributed by atoms with Crippen LogP contribution in [0.5, 0.6) is 0 Å². The molecule has 3 nitrogen and oxygen atoms in total. The zero-order valence-electron chi connectivity index (χ0n) is 19.2. The van der Waals surface area contributed by atoms with Crippen LogP contribution in [0.25, 0.3) is 0 Å². The summed E-state index contributed by atoms with van der Waals surface area (Å²) in [5.74, 6) is 0.702. The minimum Gasteiger partial charge on any atom is -0.461 e. The van der Waals surface area contributed by atoms with Gasteiger partial charge in [0.15, 0.2) is 0 Å². The lowest BCUT2D eigenvalue weighted by Crippen LogP contribution is -2.46. The first-order valence-corrected chi connectivity index (χ1v) is 11.6. The molecule has 1 saturated carbocycles. The first kappa shape index (κ1) is 23.3. The first-order valence-electron chi connectivity index (χ1n) is 11.6. The van der Waals surface area contributed by atoms with Gasteiger partial charge in [-0.25, -0.2) is 0 Å². The molecule has 4 atom stereocenters. The maximum Gasteiger partial charge on any atom is 0.323 e. The fourth-order valence-electron chi connectivity index (χ4n) is 4.86. The van der Waals surface area contributed by atoms with Gasteiger partial charge in [0.25, 0.3) is 0 Å². The average molecular weight is 420 g/mol. The van der Waals surface area contributed by atoms with Crippen LogP contribution in [0.1, 0.15) is 57.6 Å². The molecule has 1 aliphatic rings. The van der Waals surface area contributed by atoms with Crippen molar-refractivity contribution in [3.05, 3.63) is 84.4 Å². The molecule has 3 heteroatoms. The van der Waals surface area contributed by atoms with Crippen LogP contribution in [0, 0.1) is 11.8 Å². The van der Waals surface area contributed by atoms with E-state index >= 15 is 0 Å². The second-order valence-corrected chi connectivity index (χ2v) is 9.53. The van der Waals surface area contributed by atoms with Gasteiger partial charge in [0.05, 0.1) is 0 Å². The minimum absolute atomic E-state index is 0.0578. The zero-order chi connectivity index (χ0) is 22.3. The van der Waals surface area contributed by atoms with E-state index in [2.05, 4.69) is 75.1 Å². The highest BCUT2D eigenvalue weighted by Gasteiger charge is 2.42. The molecule has 0 aliphatic heterocycles. The molecule has 1 N–H and O–H groups in total. The number of carbonyl (C=O) groups excluding carboxylic acids is 1. The van der Waals surface area contributed by atoms with E-state index in [-0.39, 0.29) is 23.5 Å². The second kappa shape index (κ2) is 10.8. The summed E-state index contributed by atoms with van der Waals surface area (Å²) in [5.41, 5.74) is 2.40. The van der Waals surface area contributed by atoms with Gasteiger partial charge in [-0.05, 0) is 41.7 Å². The fourth-order valence-corrected chi connectivity index (χ4v) is 4.86. The molecular formula is C28H37NO2. The van der Waals surface area contributed by atoms with Crippen LogP contribution < -0.4 is 5.32 Å². The summed E-state index contributed by atoms with van der Waals surface area (Å²) in [6.45, 7) is 11.3. The molecule has 2 aromatic rings. The normalized spacial score (nSPS) is 22.5. The standard InChI is InChI=1S/C28H37NO2/c1-5-12-25(29-20-22-13-8-6-9-14-22)27(30)31-26-19-21(2)17-18-24(26)28(3,4)23-15-10-7-11-16-23/h5-11,13-16,21,24-26,29H,1,12,17-20H2,2-4H3/t21-,24-,25+,26-/m1/s1. The van der Waals surface area contributed by atoms with Gasteiger partial charge in [0, 0.05) is 12.5 Å². The Bertz CT molecular complexity index is 831. The molecule has 0 spiro atoms. The topological polar surface area (TPSA) is 38.3 Å². The predicted octanol–water partition coefficient (Wildman–Crippen LogP) is 6.05. The number of hydrogen-bond donors (Lipinski definition) is 1. The summed E-state index contributed by atoms with van der Waals surface area (Å²) in [4.78, 5) is 13.2. The van der Waals surface area contributed by atoms with Gasteiger partial charge in [0.1, 0.15) is 12.1 Å². The van der Waals surface area contributed by atoms with Crippen LogP contribution in [0.15, 0.2) is 73.3 Å². The molecule has 1 fully saturated rings. The Morgan fingerprint density at radius 2 is 1.77 bits per heavy atom. The number of ether oxygens (including phenoxy) is 1. The fraction of sp³-hybridized carbons (Fsp3) is 0.464. The van der Waals surface area contributed by atoms with E-state index in [0.717, 1.165) is 18.4 Å². The highest BCUT2D eigenvalue weighted by molar-refractivity contribution is 5.76. The van der Waals surface area contributed by atoms with Gasteiger partial charge in [-0.3, -0.25) is 4.79 Å². The summed E-state index contributed by atoms with van der Waals surface area (Å²) in [6, 6.07) is 20.4. The summed E-state index contributed by atoms with van der Waals surface area (Å²) in [5, 5.41) is 3.38. The van der Waals surface area contributed by atoms with Crippen molar-refractivity contribution in [1.82, 2.24) is 5.32 Å². The van der Waals surface area contributed by atoms with Gasteiger partial charge in [-0.1, -0.05) is 93.9 Å². The van der Waals surface area contributed by atoms with E-state index in [0.29, 0.717) is 24.8 Å². The molecule has 0 amide bonds. The second-order valence-electron chi connectivity index (χ2n) is 9.53. The molecule has 31 heavy (non-hydrogen) atoms. The van der Waals surface area contributed by atoms with Crippen LogP contribution in [0.4, 0.5) is 0 Å². The van der Waals surface area contributed by atoms with Crippen LogP contribution in [-0.2, 0) is 21.5 Å². The number of nitrogens with one attached hydrogen (secondary N) is 1. The molecule has 3 rings (SSSR count). The van der Waals surface area contributed by atoms with Crippen molar-refractivity contribution in [3.8, 4) is 0 Å². The van der Waals surface area contributed by atoms with Crippen LogP contribution >= 0.6 is 0 Å². The van der Waals surface area contributed by atoms with Crippen molar-refractivity contribution in [3.63, 3.8) is 0 Å². The summed E-state index contributed by atoms with van der Waals surface area (Å²) in [6.07, 6.45) is 5.45. The smallest absolute Gasteiger partial charge is 0.323 e. The van der Waals surface area contributed by atoms with E-state index in [9.17, 15) is 4.79 Å². The SMILES string of the molecule is C=CC[C@H](NCc1ccccc1)C(=O)O[C@@H]1C[C@H](C)CC[C@H]1C(C)(C)c1ccccc1. The molecule has 0 heterocycles. The molecule has 0 radical (unpaired) electrons. The lowest BCUT2D eigenvalue weighted by molar-refractivity contribution is -0.159. The Morgan fingerprint density at radius 3 is 2.42 bits per heavy atom. The Morgan fingerprint density at radius 1 is 1.13 bits per heavy atom. The van der Waals surface area contributed by atoms with Gasteiger partial charge >= 0.3 is 5.97 Å². The molecule has 0 aromatic heterocycles. The highest BCUT2D eigenvalue weighted by atomic mass is 16.5. The van der Waals surface area contributed by atoms with Gasteiger partial charge in [0.2, 0.25) is 0 Å². The lowest BCUT2D eigenvalue weighted by Gasteiger charge is -2.44. The molecule has 2 aromatic carbocycles. The predicted molar refractivity (Wildman–Crippen MR) is 128 cm³/mol. The third kappa shape index (κ3) is 6.07. The van der Waals surface area contributed by atoms with E-state index < -0.39 is 0 Å². The quantitative estimate of drug-likeness (QED) is 0.397. The van der Waals surface area contributed by atoms with Gasteiger partial charge in [-0.15, -0.1) is 6.58 Å². The molecule has 0 saturated heterocycles. The number of carbonyl (C=O) groups is 1. The maximum atomic E-state index is 13.2. The average Bonchev–Trinajstić information content (AvgIpc) is 2.77. The Labute approximate surface area is 187 Å². The van der Waals surface area contributed by atoms with E-state index in [4.69, 9.17) is 4.74 Å². The molecular weight excluding hydrogens is 382 g/mol. The van der Waals surface area contributed by atoms with E-state index in [1.807, 2.05) is 18.2 Å². The van der Waals surface area contributed by atoms with Crippen molar-refractivity contribution in [2.75, 3.05) is 0 Å². The van der Waals surface area contributed by atoms with Gasteiger partial charge < -0.3 is 10.1 Å². The third-order valence-corrected chi connectivity index (χ3v) is 6.85. The number of benzene rings is 2. The Kier molecular flexibility index (Phi) is 8.09. The van der Waals surface area contributed by atoms with E-state index in [1.165, 1.54) is 12.0 Å². The monoisotopic (exact) mass is 419 g/mol. The Hall–Kier alpha value is -2.39. The molecule has 0 unspecified atom stereocenters. The summed E-state index contributed by atoms with van der Waals surface area (Å²) in [7, 11) is 0. The first-order chi connectivity index (χ1) is 14.9. The maximum absolute atomic E-state index is 13.2. The largest absolute Gasteiger partial charge is 0.461 e. The number of rotatable bonds is 9. The highest BCUT2D eigenvalue weighted by Crippen LogP contribution is 2.43. The van der Waals surface area contributed by atoms with Gasteiger partial charge in [-0.2, -0.15) is 0 Å². The molecule has 0 bridgehead atoms. The van der Waals surface area contributed by atoms with Crippen molar-refractivity contribution >= 4 is 5.97 Å². The molecule has 1 aliphatic carbocycles. The minimum atomic E-state index is -0.379. The summed E-state index contributed by atoms with van der Waals surface area (Å²) >= 11 is 0.